The van der Waals surface area contributed by atoms with Crippen LogP contribution in [0.15, 0.2) is 35.6 Å². The van der Waals surface area contributed by atoms with Gasteiger partial charge in [-0.1, -0.05) is 6.07 Å². The van der Waals surface area contributed by atoms with Gasteiger partial charge in [-0.15, -0.1) is 0 Å². The molecule has 0 amide bonds. The smallest absolute Gasteiger partial charge is 0.132 e. The van der Waals surface area contributed by atoms with Crippen LogP contribution in [0.1, 0.15) is 62.3 Å². The number of piperidine rings is 1. The minimum absolute atomic E-state index is 0.0148. The number of nitrogens with zero attached hydrogens (tertiary/aromatic N) is 4. The second-order valence-electron chi connectivity index (χ2n) is 9.42. The van der Waals surface area contributed by atoms with Crippen molar-refractivity contribution in [3.05, 3.63) is 47.4 Å². The highest BCUT2D eigenvalue weighted by Crippen LogP contribution is 2.40. The minimum Gasteiger partial charge on any atom is -0.488 e. The molecule has 1 aliphatic carbocycles. The van der Waals surface area contributed by atoms with E-state index in [9.17, 15) is 0 Å². The quantitative estimate of drug-likeness (QED) is 0.773. The van der Waals surface area contributed by atoms with Gasteiger partial charge in [-0.2, -0.15) is 0 Å². The zero-order chi connectivity index (χ0) is 20.2. The number of rotatable bonds is 4. The zero-order valence-electron chi connectivity index (χ0n) is 17.6. The van der Waals surface area contributed by atoms with Gasteiger partial charge in [-0.3, -0.25) is 4.99 Å². The lowest BCUT2D eigenvalue weighted by Crippen LogP contribution is -2.44. The molecule has 0 bridgehead atoms. The van der Waals surface area contributed by atoms with Crippen LogP contribution >= 0.6 is 0 Å². The van der Waals surface area contributed by atoms with Crippen LogP contribution in [0.4, 0.5) is 5.82 Å². The van der Waals surface area contributed by atoms with Gasteiger partial charge in [0.15, 0.2) is 0 Å². The van der Waals surface area contributed by atoms with E-state index in [0.29, 0.717) is 6.54 Å². The molecule has 156 valence electrons. The molecule has 3 fully saturated rings. The predicted molar refractivity (Wildman–Crippen MR) is 115 cm³/mol. The summed E-state index contributed by atoms with van der Waals surface area (Å²) in [7, 11) is 0. The molecule has 1 aromatic heterocycles. The Balaban J connectivity index is 1.23. The third-order valence-electron chi connectivity index (χ3n) is 7.14. The van der Waals surface area contributed by atoms with Crippen molar-refractivity contribution in [2.24, 2.45) is 4.99 Å². The Morgan fingerprint density at radius 3 is 2.67 bits per heavy atom. The van der Waals surface area contributed by atoms with Crippen LogP contribution in [-0.4, -0.2) is 46.6 Å². The summed E-state index contributed by atoms with van der Waals surface area (Å²) in [4.78, 5) is 16.3. The van der Waals surface area contributed by atoms with Crippen molar-refractivity contribution in [2.75, 3.05) is 24.6 Å². The molecular weight excluding hydrogens is 376 g/mol. The molecule has 3 aliphatic heterocycles. The molecule has 1 aromatic carbocycles. The first-order valence-electron chi connectivity index (χ1n) is 11.2. The van der Waals surface area contributed by atoms with E-state index >= 15 is 0 Å². The van der Waals surface area contributed by atoms with Crippen molar-refractivity contribution >= 4 is 11.5 Å². The van der Waals surface area contributed by atoms with Crippen molar-refractivity contribution in [2.45, 2.75) is 63.2 Å². The normalized spacial score (nSPS) is 23.4. The van der Waals surface area contributed by atoms with Gasteiger partial charge >= 0.3 is 0 Å². The fraction of sp³-hybridized carbons (Fsp3) is 0.542. The van der Waals surface area contributed by atoms with Gasteiger partial charge < -0.3 is 14.4 Å². The lowest BCUT2D eigenvalue weighted by Gasteiger charge is -2.39. The zero-order valence-corrected chi connectivity index (χ0v) is 17.6. The molecule has 2 aromatic rings. The molecule has 0 atom stereocenters. The summed E-state index contributed by atoms with van der Waals surface area (Å²) >= 11 is 0. The highest BCUT2D eigenvalue weighted by atomic mass is 16.5. The fourth-order valence-corrected chi connectivity index (χ4v) is 4.95. The van der Waals surface area contributed by atoms with Crippen LogP contribution in [0.3, 0.4) is 0 Å². The Hall–Kier alpha value is -2.47. The van der Waals surface area contributed by atoms with Crippen molar-refractivity contribution in [1.82, 2.24) is 9.97 Å². The molecule has 6 heteroatoms. The Morgan fingerprint density at radius 2 is 1.90 bits per heavy atom. The van der Waals surface area contributed by atoms with E-state index in [1.807, 2.05) is 0 Å². The topological polar surface area (TPSA) is 59.8 Å². The Labute approximate surface area is 177 Å². The van der Waals surface area contributed by atoms with Gasteiger partial charge in [0.1, 0.15) is 23.5 Å². The lowest BCUT2D eigenvalue weighted by molar-refractivity contribution is -0.0147. The van der Waals surface area contributed by atoms with Gasteiger partial charge in [0.05, 0.1) is 23.6 Å². The lowest BCUT2D eigenvalue weighted by atomic mass is 9.88. The summed E-state index contributed by atoms with van der Waals surface area (Å²) in [6, 6.07) is 8.44. The van der Waals surface area contributed by atoms with Gasteiger partial charge in [0, 0.05) is 31.3 Å². The number of anilines is 1. The molecule has 6 nitrogen and oxygen atoms in total. The van der Waals surface area contributed by atoms with Crippen LogP contribution in [-0.2, 0) is 11.3 Å². The van der Waals surface area contributed by atoms with Crippen molar-refractivity contribution in [1.29, 1.82) is 0 Å². The SMILES string of the molecule is CC1(Oc2ccc3c(c2)C(c2cc(N4CCC5(CCCO5)CC4)ncn2)=NC3)CC1. The molecule has 4 aliphatic rings. The summed E-state index contributed by atoms with van der Waals surface area (Å²) in [5.41, 5.74) is 4.35. The molecule has 1 saturated carbocycles. The summed E-state index contributed by atoms with van der Waals surface area (Å²) in [6.45, 7) is 5.75. The van der Waals surface area contributed by atoms with Crippen LogP contribution < -0.4 is 9.64 Å². The summed E-state index contributed by atoms with van der Waals surface area (Å²) in [5.74, 6) is 1.91. The maximum atomic E-state index is 6.18. The maximum Gasteiger partial charge on any atom is 0.132 e. The number of hydrogen-bond acceptors (Lipinski definition) is 6. The molecule has 0 unspecified atom stereocenters. The first kappa shape index (κ1) is 18.3. The van der Waals surface area contributed by atoms with Gasteiger partial charge in [0.25, 0.3) is 0 Å². The highest BCUT2D eigenvalue weighted by Gasteiger charge is 2.40. The Kier molecular flexibility index (Phi) is 4.13. The molecule has 6 rings (SSSR count). The van der Waals surface area contributed by atoms with E-state index in [1.54, 1.807) is 6.33 Å². The van der Waals surface area contributed by atoms with E-state index in [-0.39, 0.29) is 11.2 Å². The molecule has 30 heavy (non-hydrogen) atoms. The van der Waals surface area contributed by atoms with E-state index in [0.717, 1.165) is 73.9 Å². The van der Waals surface area contributed by atoms with Crippen molar-refractivity contribution < 1.29 is 9.47 Å². The average Bonchev–Trinajstić information content (AvgIpc) is 3.15. The number of hydrogen-bond donors (Lipinski definition) is 0. The summed E-state index contributed by atoms with van der Waals surface area (Å²) in [5, 5.41) is 0. The van der Waals surface area contributed by atoms with Crippen LogP contribution in [0.25, 0.3) is 0 Å². The van der Waals surface area contributed by atoms with Crippen molar-refractivity contribution in [3.8, 4) is 5.75 Å². The maximum absolute atomic E-state index is 6.18. The Morgan fingerprint density at radius 1 is 1.03 bits per heavy atom. The molecular formula is C24H28N4O2. The largest absolute Gasteiger partial charge is 0.488 e. The third kappa shape index (κ3) is 3.27. The minimum atomic E-state index is 0.0148. The van der Waals surface area contributed by atoms with Crippen molar-refractivity contribution in [3.63, 3.8) is 0 Å². The molecule has 4 heterocycles. The number of fused-ring (bicyclic) bond motifs is 1. The predicted octanol–water partition coefficient (Wildman–Crippen LogP) is 3.91. The van der Waals surface area contributed by atoms with E-state index in [2.05, 4.69) is 46.1 Å². The van der Waals surface area contributed by atoms with Gasteiger partial charge in [0.2, 0.25) is 0 Å². The first-order chi connectivity index (χ1) is 14.6. The Bertz CT molecular complexity index is 998. The van der Waals surface area contributed by atoms with Gasteiger partial charge in [-0.25, -0.2) is 9.97 Å². The number of aliphatic imine (C=N–C) groups is 1. The number of benzene rings is 1. The number of ether oxygens (including phenoxy) is 2. The molecule has 0 N–H and O–H groups in total. The second-order valence-corrected chi connectivity index (χ2v) is 9.42. The molecule has 0 radical (unpaired) electrons. The molecule has 2 saturated heterocycles. The monoisotopic (exact) mass is 404 g/mol. The summed E-state index contributed by atoms with van der Waals surface area (Å²) < 4.78 is 12.2. The van der Waals surface area contributed by atoms with Crippen LogP contribution in [0, 0.1) is 0 Å². The standard InChI is InChI=1S/C24H28N4O2/c1-23(6-7-23)30-18-4-3-17-15-25-22(19(17)13-18)20-14-21(27-16-26-20)28-10-8-24(9-11-28)5-2-12-29-24/h3-4,13-14,16H,2,5-12,15H2,1H3. The molecule has 1 spiro atoms. The summed E-state index contributed by atoms with van der Waals surface area (Å²) in [6.07, 6.45) is 8.48. The van der Waals surface area contributed by atoms with E-state index in [4.69, 9.17) is 14.5 Å². The average molecular weight is 405 g/mol. The van der Waals surface area contributed by atoms with Crippen LogP contribution in [0.5, 0.6) is 5.75 Å². The first-order valence-corrected chi connectivity index (χ1v) is 11.2. The van der Waals surface area contributed by atoms with Gasteiger partial charge in [-0.05, 0) is 63.1 Å². The van der Waals surface area contributed by atoms with E-state index in [1.165, 1.54) is 18.4 Å². The van der Waals surface area contributed by atoms with E-state index < -0.39 is 0 Å². The highest BCUT2D eigenvalue weighted by molar-refractivity contribution is 6.14. The fourth-order valence-electron chi connectivity index (χ4n) is 4.95. The van der Waals surface area contributed by atoms with Crippen LogP contribution in [0.2, 0.25) is 0 Å². The second kappa shape index (κ2) is 6.77. The third-order valence-corrected chi connectivity index (χ3v) is 7.14. The number of aromatic nitrogens is 2.